The minimum absolute atomic E-state index is 0.0732. The van der Waals surface area contributed by atoms with Crippen LogP contribution in [0.25, 0.3) is 0 Å². The highest BCUT2D eigenvalue weighted by Crippen LogP contribution is 2.27. The number of methoxy groups -OCH3 is 1. The Kier molecular flexibility index (Phi) is 11.6. The zero-order valence-corrected chi connectivity index (χ0v) is 17.0. The van der Waals surface area contributed by atoms with Crippen molar-refractivity contribution >= 4 is 20.1 Å². The number of unbranched alkanes of at least 4 members (excludes halogenated alkanes) is 1. The van der Waals surface area contributed by atoms with E-state index in [2.05, 4.69) is 32.1 Å². The van der Waals surface area contributed by atoms with Gasteiger partial charge in [0.15, 0.2) is 14.1 Å². The molecule has 0 aromatic rings. The van der Waals surface area contributed by atoms with Crippen molar-refractivity contribution < 1.29 is 18.8 Å². The minimum Gasteiger partial charge on any atom is -0.469 e. The van der Waals surface area contributed by atoms with Crippen LogP contribution < -0.4 is 0 Å². The van der Waals surface area contributed by atoms with E-state index in [4.69, 9.17) is 4.43 Å². The van der Waals surface area contributed by atoms with Gasteiger partial charge in [-0.2, -0.15) is 0 Å². The van der Waals surface area contributed by atoms with Gasteiger partial charge >= 0.3 is 5.97 Å². The van der Waals surface area contributed by atoms with Crippen LogP contribution in [0.5, 0.6) is 0 Å². The number of rotatable bonds is 9. The second-order valence-corrected chi connectivity index (χ2v) is 10.9. The van der Waals surface area contributed by atoms with Crippen molar-refractivity contribution in [3.05, 3.63) is 24.3 Å². The maximum atomic E-state index is 11.4. The third kappa shape index (κ3) is 8.06. The summed E-state index contributed by atoms with van der Waals surface area (Å²) < 4.78 is 10.7. The van der Waals surface area contributed by atoms with E-state index >= 15 is 0 Å². The Balaban J connectivity index is 0.000000506. The molecule has 138 valence electrons. The third-order valence-electron chi connectivity index (χ3n) is 4.61. The van der Waals surface area contributed by atoms with Gasteiger partial charge in [0.05, 0.1) is 13.2 Å². The van der Waals surface area contributed by atoms with Gasteiger partial charge in [-0.05, 0) is 43.5 Å². The van der Waals surface area contributed by atoms with Crippen LogP contribution in [0.4, 0.5) is 0 Å². The summed E-state index contributed by atoms with van der Waals surface area (Å²) in [6.07, 6.45) is 6.67. The summed E-state index contributed by atoms with van der Waals surface area (Å²) in [6.45, 7) is 12.1. The quantitative estimate of drug-likeness (QED) is 0.258. The second kappa shape index (κ2) is 12.2. The number of ketones is 1. The van der Waals surface area contributed by atoms with Crippen LogP contribution in [0.15, 0.2) is 24.3 Å². The predicted molar refractivity (Wildman–Crippen MR) is 102 cm³/mol. The molecule has 1 atom stereocenters. The molecule has 0 unspecified atom stereocenters. The lowest BCUT2D eigenvalue weighted by Crippen LogP contribution is -2.39. The Hall–Kier alpha value is -1.20. The molecule has 1 aliphatic rings. The van der Waals surface area contributed by atoms with E-state index in [9.17, 15) is 9.59 Å². The monoisotopic (exact) mass is 354 g/mol. The first kappa shape index (κ1) is 22.8. The Labute approximate surface area is 148 Å². The summed E-state index contributed by atoms with van der Waals surface area (Å²) in [5.41, 5.74) is 0.881. The summed E-state index contributed by atoms with van der Waals surface area (Å²) >= 11 is 0. The maximum Gasteiger partial charge on any atom is 0.305 e. The molecule has 0 aromatic heterocycles. The topological polar surface area (TPSA) is 52.6 Å². The van der Waals surface area contributed by atoms with Crippen molar-refractivity contribution in [1.82, 2.24) is 0 Å². The van der Waals surface area contributed by atoms with E-state index in [1.165, 1.54) is 7.11 Å². The number of esters is 1. The van der Waals surface area contributed by atoms with Crippen LogP contribution in [0.3, 0.4) is 0 Å². The summed E-state index contributed by atoms with van der Waals surface area (Å²) in [7, 11) is -0.139. The molecule has 0 radical (unpaired) electrons. The fourth-order valence-electron chi connectivity index (χ4n) is 2.66. The van der Waals surface area contributed by atoms with Crippen molar-refractivity contribution in [2.45, 2.75) is 77.6 Å². The van der Waals surface area contributed by atoms with Crippen LogP contribution in [-0.4, -0.2) is 33.3 Å². The van der Waals surface area contributed by atoms with Gasteiger partial charge in [0.25, 0.3) is 0 Å². The Morgan fingerprint density at radius 1 is 1.33 bits per heavy atom. The molecule has 4 nitrogen and oxygen atoms in total. The summed E-state index contributed by atoms with van der Waals surface area (Å²) in [5.74, 6) is 0.114. The summed E-state index contributed by atoms with van der Waals surface area (Å²) in [4.78, 5) is 21.8. The number of Topliss-reactive ketones (excluding diaryl/α,β-unsaturated/α-hetero) is 1. The minimum atomic E-state index is -1.54. The molecule has 0 aliphatic heterocycles. The maximum absolute atomic E-state index is 11.4. The van der Waals surface area contributed by atoms with Crippen LogP contribution >= 0.6 is 0 Å². The fourth-order valence-corrected chi connectivity index (χ4v) is 5.46. The van der Waals surface area contributed by atoms with Gasteiger partial charge < -0.3 is 9.16 Å². The van der Waals surface area contributed by atoms with Crippen molar-refractivity contribution in [3.8, 4) is 0 Å². The van der Waals surface area contributed by atoms with Gasteiger partial charge in [0.2, 0.25) is 0 Å². The van der Waals surface area contributed by atoms with Gasteiger partial charge in [-0.15, -0.1) is 6.58 Å². The molecule has 0 heterocycles. The molecule has 0 N–H and O–H groups in total. The number of hydrogen-bond acceptors (Lipinski definition) is 4. The Morgan fingerprint density at radius 3 is 2.29 bits per heavy atom. The highest BCUT2D eigenvalue weighted by Gasteiger charge is 2.34. The smallest absolute Gasteiger partial charge is 0.305 e. The molecular formula is C19H34O4Si. The van der Waals surface area contributed by atoms with Crippen LogP contribution in [0.1, 0.15) is 53.4 Å². The van der Waals surface area contributed by atoms with Crippen LogP contribution in [-0.2, 0) is 18.8 Å². The molecule has 0 fully saturated rings. The van der Waals surface area contributed by atoms with Crippen molar-refractivity contribution in [2.24, 2.45) is 0 Å². The number of carbonyl (C=O) groups excluding carboxylic acids is 2. The van der Waals surface area contributed by atoms with E-state index in [-0.39, 0.29) is 17.9 Å². The van der Waals surface area contributed by atoms with Gasteiger partial charge in [-0.3, -0.25) is 9.59 Å². The normalized spacial score (nSPS) is 17.0. The van der Waals surface area contributed by atoms with Gasteiger partial charge in [0, 0.05) is 12.8 Å². The Morgan fingerprint density at radius 2 is 1.92 bits per heavy atom. The lowest BCUT2D eigenvalue weighted by molar-refractivity contribution is -0.140. The molecular weight excluding hydrogens is 320 g/mol. The van der Waals surface area contributed by atoms with E-state index in [0.29, 0.717) is 12.8 Å². The zero-order chi connectivity index (χ0) is 18.6. The van der Waals surface area contributed by atoms with Crippen LogP contribution in [0, 0.1) is 0 Å². The van der Waals surface area contributed by atoms with Crippen molar-refractivity contribution in [3.63, 3.8) is 0 Å². The van der Waals surface area contributed by atoms with E-state index < -0.39 is 8.32 Å². The summed E-state index contributed by atoms with van der Waals surface area (Å²) in [6, 6.07) is 3.45. The van der Waals surface area contributed by atoms with Crippen LogP contribution in [0.2, 0.25) is 18.1 Å². The molecule has 0 aromatic carbocycles. The lowest BCUT2D eigenvalue weighted by Gasteiger charge is -2.30. The Bertz CT molecular complexity index is 430. The van der Waals surface area contributed by atoms with Crippen molar-refractivity contribution in [1.29, 1.82) is 0 Å². The molecule has 5 heteroatoms. The van der Waals surface area contributed by atoms with E-state index in [0.717, 1.165) is 36.5 Å². The van der Waals surface area contributed by atoms with E-state index in [1.54, 1.807) is 6.08 Å². The SMILES string of the molecule is C=CCCCC(=O)OC.CC[Si](CC)(CC)O[C@H]1C=C(C)C(=O)C1. The number of hydrogen-bond donors (Lipinski definition) is 0. The highest BCUT2D eigenvalue weighted by molar-refractivity contribution is 6.73. The van der Waals surface area contributed by atoms with Gasteiger partial charge in [-0.25, -0.2) is 0 Å². The first-order valence-electron chi connectivity index (χ1n) is 8.95. The molecule has 0 bridgehead atoms. The molecule has 1 aliphatic carbocycles. The lowest BCUT2D eigenvalue weighted by atomic mass is 10.2. The van der Waals surface area contributed by atoms with Gasteiger partial charge in [0.1, 0.15) is 0 Å². The van der Waals surface area contributed by atoms with E-state index in [1.807, 2.05) is 13.0 Å². The fraction of sp³-hybridized carbons (Fsp3) is 0.684. The molecule has 0 saturated heterocycles. The van der Waals surface area contributed by atoms with Crippen molar-refractivity contribution in [2.75, 3.05) is 7.11 Å². The number of carbonyl (C=O) groups is 2. The number of allylic oxidation sites excluding steroid dienone is 2. The average Bonchev–Trinajstić information content (AvgIpc) is 2.91. The van der Waals surface area contributed by atoms with Gasteiger partial charge in [-0.1, -0.05) is 32.9 Å². The number of ether oxygens (including phenoxy) is 1. The molecule has 0 saturated carbocycles. The average molecular weight is 355 g/mol. The first-order chi connectivity index (χ1) is 11.4. The standard InChI is InChI=1S/C12H22O2Si.C7H12O2/c1-5-15(6-2,7-3)14-11-8-10(4)12(13)9-11;1-3-4-5-6-7(8)9-2/h8,11H,5-7,9H2,1-4H3;3H,1,4-6H2,2H3/t11-;/m0./s1. The second-order valence-electron chi connectivity index (χ2n) is 6.13. The highest BCUT2D eigenvalue weighted by atomic mass is 28.4. The third-order valence-corrected chi connectivity index (χ3v) is 9.28. The molecule has 1 rings (SSSR count). The zero-order valence-electron chi connectivity index (χ0n) is 16.0. The largest absolute Gasteiger partial charge is 0.469 e. The molecule has 0 amide bonds. The summed E-state index contributed by atoms with van der Waals surface area (Å²) in [5, 5.41) is 0. The predicted octanol–water partition coefficient (Wildman–Crippen LogP) is 4.81. The first-order valence-corrected chi connectivity index (χ1v) is 11.5. The molecule has 24 heavy (non-hydrogen) atoms. The molecule has 0 spiro atoms.